The van der Waals surface area contributed by atoms with Crippen molar-refractivity contribution in [2.75, 3.05) is 20.2 Å². The number of aliphatic hydroxyl groups excluding tert-OH is 3. The summed E-state index contributed by atoms with van der Waals surface area (Å²) in [6.45, 7) is 19.0. The average Bonchev–Trinajstić information content (AvgIpc) is 2.95. The van der Waals surface area contributed by atoms with Crippen LogP contribution in [0.15, 0.2) is 0 Å². The molecule has 0 saturated carbocycles. The van der Waals surface area contributed by atoms with E-state index in [0.29, 0.717) is 0 Å². The highest BCUT2D eigenvalue weighted by Gasteiger charge is 2.43. The molecular formula is C30H55NO12. The molecule has 10 atom stereocenters. The maximum Gasteiger partial charge on any atom is 0.303 e. The molecule has 252 valence electrons. The van der Waals surface area contributed by atoms with Gasteiger partial charge in [0.1, 0.15) is 43.1 Å². The van der Waals surface area contributed by atoms with Gasteiger partial charge in [-0.3, -0.25) is 14.4 Å². The van der Waals surface area contributed by atoms with E-state index < -0.39 is 30.7 Å². The van der Waals surface area contributed by atoms with Crippen molar-refractivity contribution < 1.29 is 58.2 Å². The third-order valence-corrected chi connectivity index (χ3v) is 7.19. The molecule has 3 saturated heterocycles. The van der Waals surface area contributed by atoms with E-state index in [1.54, 1.807) is 13.8 Å². The Bertz CT molecular complexity index is 825. The van der Waals surface area contributed by atoms with Crippen LogP contribution >= 0.6 is 0 Å². The SMILES string of the molecule is C=O.CC(=O)N1CCCCC1.CC(=O)OC1C(C)OC(C(C)=O)C(C)C1C.CC(C)=O.COC1OC(C)C(O)C(O)C1O. The molecule has 3 heterocycles. The molecule has 0 aliphatic carbocycles. The van der Waals surface area contributed by atoms with Crippen LogP contribution in [0, 0.1) is 11.8 Å². The molecule has 0 aromatic heterocycles. The van der Waals surface area contributed by atoms with Gasteiger partial charge in [-0.05, 0) is 59.8 Å². The molecule has 1 amide bonds. The number of aliphatic hydroxyl groups is 3. The molecule has 0 bridgehead atoms. The minimum absolute atomic E-state index is 0.0347. The number of piperidine rings is 1. The molecule has 0 spiro atoms. The molecule has 13 nitrogen and oxygen atoms in total. The Hall–Kier alpha value is -2.29. The van der Waals surface area contributed by atoms with Gasteiger partial charge in [0, 0.05) is 40.0 Å². The largest absolute Gasteiger partial charge is 0.460 e. The van der Waals surface area contributed by atoms with Gasteiger partial charge in [-0.25, -0.2) is 0 Å². The molecule has 0 aromatic carbocycles. The Kier molecular flexibility index (Phi) is 22.2. The van der Waals surface area contributed by atoms with Crippen molar-refractivity contribution in [1.29, 1.82) is 0 Å². The lowest BCUT2D eigenvalue weighted by Crippen LogP contribution is -2.57. The van der Waals surface area contributed by atoms with Crippen LogP contribution in [0.3, 0.4) is 0 Å². The fourth-order valence-corrected chi connectivity index (χ4v) is 4.71. The summed E-state index contributed by atoms with van der Waals surface area (Å²) in [5.41, 5.74) is 0. The topological polar surface area (TPSA) is 186 Å². The second-order valence-corrected chi connectivity index (χ2v) is 11.1. The van der Waals surface area contributed by atoms with Crippen LogP contribution in [0.4, 0.5) is 0 Å². The highest BCUT2D eigenvalue weighted by Crippen LogP contribution is 2.33. The van der Waals surface area contributed by atoms with Gasteiger partial charge >= 0.3 is 5.97 Å². The summed E-state index contributed by atoms with van der Waals surface area (Å²) in [5.74, 6) is 0.322. The molecule has 3 aliphatic rings. The summed E-state index contributed by atoms with van der Waals surface area (Å²) in [5, 5.41) is 27.8. The Labute approximate surface area is 256 Å². The van der Waals surface area contributed by atoms with Crippen molar-refractivity contribution in [3.63, 3.8) is 0 Å². The normalized spacial score (nSPS) is 33.2. The number of likely N-dealkylation sites (tertiary alicyclic amines) is 1. The third-order valence-electron chi connectivity index (χ3n) is 7.19. The van der Waals surface area contributed by atoms with Crippen molar-refractivity contribution in [2.24, 2.45) is 11.8 Å². The number of nitrogens with zero attached hydrogens (tertiary/aromatic N) is 1. The number of carbonyl (C=O) groups excluding carboxylic acids is 5. The van der Waals surface area contributed by atoms with Gasteiger partial charge in [-0.15, -0.1) is 0 Å². The zero-order valence-electron chi connectivity index (χ0n) is 27.5. The van der Waals surface area contributed by atoms with Gasteiger partial charge in [0.25, 0.3) is 0 Å². The molecule has 3 rings (SSSR count). The summed E-state index contributed by atoms with van der Waals surface area (Å²) in [7, 11) is 1.37. The van der Waals surface area contributed by atoms with Crippen LogP contribution < -0.4 is 0 Å². The Morgan fingerprint density at radius 2 is 1.23 bits per heavy atom. The van der Waals surface area contributed by atoms with E-state index in [-0.39, 0.29) is 53.6 Å². The zero-order valence-corrected chi connectivity index (χ0v) is 27.5. The number of methoxy groups -OCH3 is 1. The van der Waals surface area contributed by atoms with Crippen molar-refractivity contribution in [2.45, 2.75) is 131 Å². The first-order chi connectivity index (χ1) is 20.0. The predicted molar refractivity (Wildman–Crippen MR) is 158 cm³/mol. The quantitative estimate of drug-likeness (QED) is 0.386. The Balaban J connectivity index is 0. The summed E-state index contributed by atoms with van der Waals surface area (Å²) in [4.78, 5) is 52.5. The summed E-state index contributed by atoms with van der Waals surface area (Å²) in [6.07, 6.45) is -2.05. The fraction of sp³-hybridized carbons (Fsp3) is 0.833. The van der Waals surface area contributed by atoms with Crippen molar-refractivity contribution in [3.8, 4) is 0 Å². The Morgan fingerprint density at radius 1 is 0.744 bits per heavy atom. The van der Waals surface area contributed by atoms with Crippen molar-refractivity contribution >= 4 is 30.2 Å². The molecule has 0 radical (unpaired) electrons. The molecular weight excluding hydrogens is 566 g/mol. The average molecular weight is 622 g/mol. The summed E-state index contributed by atoms with van der Waals surface area (Å²) >= 11 is 0. The number of esters is 1. The monoisotopic (exact) mass is 621 g/mol. The second kappa shape index (κ2) is 22.3. The Morgan fingerprint density at radius 3 is 1.60 bits per heavy atom. The molecule has 3 N–H and O–H groups in total. The van der Waals surface area contributed by atoms with Crippen LogP contribution in [-0.2, 0) is 42.9 Å². The highest BCUT2D eigenvalue weighted by atomic mass is 16.7. The maximum absolute atomic E-state index is 11.4. The molecule has 43 heavy (non-hydrogen) atoms. The number of ether oxygens (including phenoxy) is 4. The standard InChI is InChI=1S/C12H20O4.C7H13NO.C7H14O5.C3H6O.CH2O/c1-6-7(2)12(16-10(5)14)9(4)15-11(6)8(3)13;1-7(9)8-5-3-2-4-6-8;1-3-4(8)5(9)6(10)7(11-2)12-3;1-3(2)4;1-2/h6-7,9,11-12H,1-5H3;2-6H2,1H3;3-10H,1-2H3;1-2H3;1H2. The number of ketones is 2. The minimum Gasteiger partial charge on any atom is -0.460 e. The van der Waals surface area contributed by atoms with E-state index in [9.17, 15) is 34.5 Å². The predicted octanol–water partition coefficient (Wildman–Crippen LogP) is 1.46. The van der Waals surface area contributed by atoms with Gasteiger partial charge in [-0.2, -0.15) is 0 Å². The molecule has 13 heteroatoms. The number of carbonyl (C=O) groups is 5. The molecule has 0 aromatic rings. The first kappa shape index (κ1) is 42.8. The summed E-state index contributed by atoms with van der Waals surface area (Å²) < 4.78 is 20.7. The van der Waals surface area contributed by atoms with Crippen LogP contribution in [0.1, 0.15) is 81.6 Å². The number of hydrogen-bond acceptors (Lipinski definition) is 12. The summed E-state index contributed by atoms with van der Waals surface area (Å²) in [6, 6.07) is 0. The van der Waals surface area contributed by atoms with E-state index >= 15 is 0 Å². The third kappa shape index (κ3) is 15.8. The van der Waals surface area contributed by atoms with Gasteiger partial charge in [0.2, 0.25) is 5.91 Å². The van der Waals surface area contributed by atoms with E-state index in [1.807, 2.05) is 32.5 Å². The van der Waals surface area contributed by atoms with E-state index in [2.05, 4.69) is 0 Å². The smallest absolute Gasteiger partial charge is 0.303 e. The minimum atomic E-state index is -1.21. The second-order valence-electron chi connectivity index (χ2n) is 11.1. The maximum atomic E-state index is 11.4. The van der Waals surface area contributed by atoms with Crippen LogP contribution in [0.25, 0.3) is 0 Å². The van der Waals surface area contributed by atoms with Crippen LogP contribution in [0.5, 0.6) is 0 Å². The zero-order chi connectivity index (χ0) is 34.0. The number of Topliss-reactive ketones (excluding diaryl/α,β-unsaturated/α-hetero) is 2. The van der Waals surface area contributed by atoms with Crippen LogP contribution in [-0.4, -0.2) is 120 Å². The molecule has 3 fully saturated rings. The van der Waals surface area contributed by atoms with Gasteiger partial charge in [-0.1, -0.05) is 13.8 Å². The lowest BCUT2D eigenvalue weighted by molar-refractivity contribution is -0.286. The van der Waals surface area contributed by atoms with E-state index in [4.69, 9.17) is 23.7 Å². The molecule has 10 unspecified atom stereocenters. The number of amides is 1. The van der Waals surface area contributed by atoms with E-state index in [0.717, 1.165) is 13.1 Å². The van der Waals surface area contributed by atoms with E-state index in [1.165, 1.54) is 54.1 Å². The lowest BCUT2D eigenvalue weighted by atomic mass is 9.80. The van der Waals surface area contributed by atoms with Gasteiger partial charge in [0.15, 0.2) is 12.1 Å². The van der Waals surface area contributed by atoms with Crippen LogP contribution in [0.2, 0.25) is 0 Å². The van der Waals surface area contributed by atoms with Crippen molar-refractivity contribution in [1.82, 2.24) is 4.90 Å². The first-order valence-electron chi connectivity index (χ1n) is 14.5. The lowest BCUT2D eigenvalue weighted by Gasteiger charge is -2.42. The van der Waals surface area contributed by atoms with Gasteiger partial charge in [0.05, 0.1) is 12.2 Å². The first-order valence-corrected chi connectivity index (χ1v) is 14.5. The number of rotatable bonds is 3. The van der Waals surface area contributed by atoms with Gasteiger partial charge < -0.3 is 48.8 Å². The molecule has 3 aliphatic heterocycles. The van der Waals surface area contributed by atoms with Crippen molar-refractivity contribution in [3.05, 3.63) is 0 Å². The highest BCUT2D eigenvalue weighted by molar-refractivity contribution is 5.81. The number of hydrogen-bond donors (Lipinski definition) is 3. The fourth-order valence-electron chi connectivity index (χ4n) is 4.71.